The number of rotatable bonds is 3. The Hall–Kier alpha value is -0.420. The summed E-state index contributed by atoms with van der Waals surface area (Å²) in [6, 6.07) is 4.63. The maximum Gasteiger partial charge on any atom is 0.154 e. The van der Waals surface area contributed by atoms with Gasteiger partial charge >= 0.3 is 0 Å². The molecule has 0 heterocycles. The zero-order valence-corrected chi connectivity index (χ0v) is 12.7. The van der Waals surface area contributed by atoms with E-state index in [2.05, 4.69) is 15.9 Å². The molecule has 0 saturated heterocycles. The van der Waals surface area contributed by atoms with E-state index in [0.717, 1.165) is 5.56 Å². The summed E-state index contributed by atoms with van der Waals surface area (Å²) in [5, 5.41) is 0. The van der Waals surface area contributed by atoms with Crippen LogP contribution in [0.25, 0.3) is 0 Å². The van der Waals surface area contributed by atoms with Crippen LogP contribution in [0, 0.1) is 12.7 Å². The predicted octanol–water partition coefficient (Wildman–Crippen LogP) is 3.39. The molecule has 1 aromatic rings. The number of benzene rings is 1. The molecule has 1 atom stereocenters. The van der Waals surface area contributed by atoms with E-state index in [1.165, 1.54) is 12.3 Å². The van der Waals surface area contributed by atoms with Crippen LogP contribution in [0.3, 0.4) is 0 Å². The molecule has 0 aliphatic carbocycles. The number of alkyl halides is 1. The van der Waals surface area contributed by atoms with Crippen LogP contribution in [0.5, 0.6) is 0 Å². The lowest BCUT2D eigenvalue weighted by Gasteiger charge is -2.29. The lowest BCUT2D eigenvalue weighted by Crippen LogP contribution is -2.35. The lowest BCUT2D eigenvalue weighted by atomic mass is 10.00. The first-order valence-electron chi connectivity index (χ1n) is 5.17. The van der Waals surface area contributed by atoms with Crippen LogP contribution in [0.1, 0.15) is 29.8 Å². The lowest BCUT2D eigenvalue weighted by molar-refractivity contribution is 0.548. The van der Waals surface area contributed by atoms with Crippen LogP contribution in [0.15, 0.2) is 18.2 Å². The Bertz CT molecular complexity index is 523. The molecule has 96 valence electrons. The van der Waals surface area contributed by atoms with E-state index in [1.807, 2.05) is 0 Å². The smallest absolute Gasteiger partial charge is 0.154 e. The maximum absolute atomic E-state index is 13.2. The molecule has 0 radical (unpaired) electrons. The molecular formula is C12H16BrFO2S. The second kappa shape index (κ2) is 4.69. The number of halogens is 2. The third-order valence-electron chi connectivity index (χ3n) is 3.04. The molecule has 0 aromatic heterocycles. The first-order chi connectivity index (χ1) is 7.57. The Morgan fingerprint density at radius 3 is 2.29 bits per heavy atom. The zero-order valence-electron chi connectivity index (χ0n) is 10.3. The zero-order chi connectivity index (χ0) is 13.4. The van der Waals surface area contributed by atoms with E-state index in [9.17, 15) is 12.8 Å². The Kier molecular flexibility index (Phi) is 4.04. The molecule has 2 nitrogen and oxygen atoms in total. The van der Waals surface area contributed by atoms with Crippen molar-refractivity contribution in [3.63, 3.8) is 0 Å². The summed E-state index contributed by atoms with van der Waals surface area (Å²) < 4.78 is 35.6. The van der Waals surface area contributed by atoms with Crippen molar-refractivity contribution >= 4 is 25.8 Å². The third kappa shape index (κ3) is 2.88. The van der Waals surface area contributed by atoms with Crippen LogP contribution in [0.2, 0.25) is 0 Å². The summed E-state index contributed by atoms with van der Waals surface area (Å²) in [5.74, 6) is -0.286. The van der Waals surface area contributed by atoms with E-state index in [-0.39, 0.29) is 10.6 Å². The molecule has 1 unspecified atom stereocenters. The molecule has 1 rings (SSSR count). The third-order valence-corrected chi connectivity index (χ3v) is 7.16. The Balaban J connectivity index is 3.21. The molecule has 0 spiro atoms. The van der Waals surface area contributed by atoms with Crippen molar-refractivity contribution in [2.24, 2.45) is 0 Å². The van der Waals surface area contributed by atoms with Gasteiger partial charge in [0.15, 0.2) is 9.84 Å². The summed E-state index contributed by atoms with van der Waals surface area (Å²) in [4.78, 5) is -0.371. The summed E-state index contributed by atoms with van der Waals surface area (Å²) in [5.41, 5.74) is 1.27. The topological polar surface area (TPSA) is 34.1 Å². The Morgan fingerprint density at radius 1 is 1.35 bits per heavy atom. The van der Waals surface area contributed by atoms with Gasteiger partial charge in [0.25, 0.3) is 0 Å². The van der Waals surface area contributed by atoms with E-state index >= 15 is 0 Å². The first-order valence-corrected chi connectivity index (χ1v) is 7.98. The maximum atomic E-state index is 13.2. The van der Waals surface area contributed by atoms with Gasteiger partial charge < -0.3 is 0 Å². The van der Waals surface area contributed by atoms with Gasteiger partial charge in [0, 0.05) is 6.26 Å². The van der Waals surface area contributed by atoms with Crippen molar-refractivity contribution in [2.45, 2.75) is 30.3 Å². The quantitative estimate of drug-likeness (QED) is 0.799. The van der Waals surface area contributed by atoms with Crippen molar-refractivity contribution in [1.82, 2.24) is 0 Å². The summed E-state index contributed by atoms with van der Waals surface area (Å²) in [6.45, 7) is 4.97. The second-order valence-electron chi connectivity index (χ2n) is 4.75. The molecule has 1 aromatic carbocycles. The average Bonchev–Trinajstić information content (AvgIpc) is 2.19. The van der Waals surface area contributed by atoms with Crippen LogP contribution >= 0.6 is 15.9 Å². The van der Waals surface area contributed by atoms with E-state index in [4.69, 9.17) is 0 Å². The van der Waals surface area contributed by atoms with Gasteiger partial charge in [0.05, 0.1) is 9.57 Å². The molecule has 17 heavy (non-hydrogen) atoms. The summed E-state index contributed by atoms with van der Waals surface area (Å²) in [7, 11) is -3.21. The minimum absolute atomic E-state index is 0.286. The number of hydrogen-bond acceptors (Lipinski definition) is 2. The van der Waals surface area contributed by atoms with Gasteiger partial charge in [0.2, 0.25) is 0 Å². The van der Waals surface area contributed by atoms with Gasteiger partial charge in [0.1, 0.15) is 5.82 Å². The first kappa shape index (κ1) is 14.6. The Labute approximate surface area is 110 Å². The van der Waals surface area contributed by atoms with Gasteiger partial charge in [-0.25, -0.2) is 12.8 Å². The van der Waals surface area contributed by atoms with Crippen LogP contribution in [-0.2, 0) is 9.84 Å². The van der Waals surface area contributed by atoms with Crippen LogP contribution in [0.4, 0.5) is 4.39 Å². The second-order valence-corrected chi connectivity index (χ2v) is 8.26. The van der Waals surface area contributed by atoms with Gasteiger partial charge in [-0.3, -0.25) is 0 Å². The highest BCUT2D eigenvalue weighted by molar-refractivity contribution is 9.09. The molecule has 0 bridgehead atoms. The minimum Gasteiger partial charge on any atom is -0.229 e. The van der Waals surface area contributed by atoms with Gasteiger partial charge in [-0.2, -0.15) is 0 Å². The SMILES string of the molecule is Cc1cc(C(Br)C(C)(C)S(C)(=O)=O)ccc1F. The normalized spacial score (nSPS) is 14.7. The fraction of sp³-hybridized carbons (Fsp3) is 0.500. The molecular weight excluding hydrogens is 307 g/mol. The predicted molar refractivity (Wildman–Crippen MR) is 71.7 cm³/mol. The standard InChI is InChI=1S/C12H16BrFO2S/c1-8-7-9(5-6-10(8)14)11(13)12(2,3)17(4,15)16/h5-7,11H,1-4H3. The molecule has 0 saturated carbocycles. The van der Waals surface area contributed by atoms with Crippen LogP contribution in [-0.4, -0.2) is 19.4 Å². The van der Waals surface area contributed by atoms with E-state index in [0.29, 0.717) is 5.56 Å². The number of hydrogen-bond donors (Lipinski definition) is 0. The summed E-state index contributed by atoms with van der Waals surface area (Å²) in [6.07, 6.45) is 1.21. The van der Waals surface area contributed by atoms with Crippen molar-refractivity contribution in [3.05, 3.63) is 35.1 Å². The molecule has 0 N–H and O–H groups in total. The average molecular weight is 323 g/mol. The fourth-order valence-corrected chi connectivity index (χ4v) is 3.23. The molecule has 5 heteroatoms. The molecule has 0 aliphatic heterocycles. The largest absolute Gasteiger partial charge is 0.229 e. The van der Waals surface area contributed by atoms with Gasteiger partial charge in [-0.1, -0.05) is 28.1 Å². The number of sulfone groups is 1. The highest BCUT2D eigenvalue weighted by Crippen LogP contribution is 2.39. The molecule has 0 amide bonds. The van der Waals surface area contributed by atoms with Crippen molar-refractivity contribution in [1.29, 1.82) is 0 Å². The molecule has 0 aliphatic rings. The fourth-order valence-electron chi connectivity index (χ4n) is 1.41. The van der Waals surface area contributed by atoms with Crippen molar-refractivity contribution in [2.75, 3.05) is 6.26 Å². The highest BCUT2D eigenvalue weighted by Gasteiger charge is 2.38. The minimum atomic E-state index is -3.21. The van der Waals surface area contributed by atoms with E-state index in [1.54, 1.807) is 32.9 Å². The highest BCUT2D eigenvalue weighted by atomic mass is 79.9. The van der Waals surface area contributed by atoms with Crippen molar-refractivity contribution in [3.8, 4) is 0 Å². The van der Waals surface area contributed by atoms with E-state index < -0.39 is 14.6 Å². The molecule has 0 fully saturated rings. The Morgan fingerprint density at radius 2 is 1.88 bits per heavy atom. The summed E-state index contributed by atoms with van der Waals surface area (Å²) >= 11 is 3.40. The van der Waals surface area contributed by atoms with Crippen LogP contribution < -0.4 is 0 Å². The van der Waals surface area contributed by atoms with Gasteiger partial charge in [-0.05, 0) is 38.0 Å². The van der Waals surface area contributed by atoms with Crippen molar-refractivity contribution < 1.29 is 12.8 Å². The van der Waals surface area contributed by atoms with Gasteiger partial charge in [-0.15, -0.1) is 0 Å². The number of aryl methyl sites for hydroxylation is 1. The monoisotopic (exact) mass is 322 g/mol.